The van der Waals surface area contributed by atoms with Gasteiger partial charge in [0.15, 0.2) is 6.61 Å². The van der Waals surface area contributed by atoms with E-state index < -0.39 is 0 Å². The quantitative estimate of drug-likeness (QED) is 0.887. The van der Waals surface area contributed by atoms with Gasteiger partial charge in [-0.1, -0.05) is 18.2 Å². The summed E-state index contributed by atoms with van der Waals surface area (Å²) in [7, 11) is 3.10. The van der Waals surface area contributed by atoms with E-state index in [2.05, 4.69) is 5.32 Å². The Morgan fingerprint density at radius 2 is 1.76 bits per heavy atom. The van der Waals surface area contributed by atoms with E-state index in [0.717, 1.165) is 0 Å². The minimum absolute atomic E-state index is 0.0790. The first kappa shape index (κ1) is 14.7. The highest BCUT2D eigenvalue weighted by Crippen LogP contribution is 2.28. The van der Waals surface area contributed by atoms with E-state index in [4.69, 9.17) is 14.2 Å². The van der Waals surface area contributed by atoms with Crippen LogP contribution in [0.15, 0.2) is 48.5 Å². The Bertz CT molecular complexity index is 598. The standard InChI is InChI=1S/C16H17NO4/c1-19-13-8-9-15(20-2)14(10-13)17-16(18)11-21-12-6-4-3-5-7-12/h3-10H,11H2,1-2H3,(H,17,18). The highest BCUT2D eigenvalue weighted by atomic mass is 16.5. The Kier molecular flexibility index (Phi) is 5.04. The Morgan fingerprint density at radius 1 is 1.00 bits per heavy atom. The van der Waals surface area contributed by atoms with Crippen LogP contribution in [0.5, 0.6) is 17.2 Å². The second-order valence-electron chi connectivity index (χ2n) is 4.22. The molecule has 1 N–H and O–H groups in total. The lowest BCUT2D eigenvalue weighted by Crippen LogP contribution is -2.20. The van der Waals surface area contributed by atoms with Crippen LogP contribution in [-0.4, -0.2) is 26.7 Å². The van der Waals surface area contributed by atoms with Crippen LogP contribution < -0.4 is 19.5 Å². The highest BCUT2D eigenvalue weighted by Gasteiger charge is 2.09. The SMILES string of the molecule is COc1ccc(OC)c(NC(=O)COc2ccccc2)c1. The van der Waals surface area contributed by atoms with Crippen molar-refractivity contribution in [2.45, 2.75) is 0 Å². The van der Waals surface area contributed by atoms with Crippen LogP contribution in [0.25, 0.3) is 0 Å². The molecule has 1 amide bonds. The van der Waals surface area contributed by atoms with Crippen molar-refractivity contribution in [3.05, 3.63) is 48.5 Å². The van der Waals surface area contributed by atoms with E-state index in [-0.39, 0.29) is 12.5 Å². The first-order valence-electron chi connectivity index (χ1n) is 6.42. The van der Waals surface area contributed by atoms with E-state index in [1.165, 1.54) is 7.11 Å². The van der Waals surface area contributed by atoms with Crippen molar-refractivity contribution in [3.8, 4) is 17.2 Å². The number of benzene rings is 2. The number of methoxy groups -OCH3 is 2. The number of anilines is 1. The molecule has 0 aliphatic heterocycles. The molecule has 110 valence electrons. The minimum atomic E-state index is -0.273. The Balaban J connectivity index is 1.99. The third kappa shape index (κ3) is 4.14. The molecular weight excluding hydrogens is 270 g/mol. The molecule has 2 rings (SSSR count). The molecule has 0 aliphatic rings. The van der Waals surface area contributed by atoms with Gasteiger partial charge in [-0.15, -0.1) is 0 Å². The number of amides is 1. The molecule has 0 heterocycles. The van der Waals surface area contributed by atoms with E-state index in [0.29, 0.717) is 22.9 Å². The van der Waals surface area contributed by atoms with Gasteiger partial charge in [0.05, 0.1) is 19.9 Å². The predicted molar refractivity (Wildman–Crippen MR) is 80.1 cm³/mol. The maximum absolute atomic E-state index is 11.9. The number of carbonyl (C=O) groups is 1. The lowest BCUT2D eigenvalue weighted by Gasteiger charge is -2.12. The van der Waals surface area contributed by atoms with Crippen molar-refractivity contribution in [2.24, 2.45) is 0 Å². The van der Waals surface area contributed by atoms with Crippen molar-refractivity contribution < 1.29 is 19.0 Å². The van der Waals surface area contributed by atoms with Gasteiger partial charge in [0.25, 0.3) is 5.91 Å². The van der Waals surface area contributed by atoms with Gasteiger partial charge in [0.1, 0.15) is 17.2 Å². The van der Waals surface area contributed by atoms with Crippen molar-refractivity contribution in [1.82, 2.24) is 0 Å². The van der Waals surface area contributed by atoms with Gasteiger partial charge in [0.2, 0.25) is 0 Å². The first-order chi connectivity index (χ1) is 10.2. The summed E-state index contributed by atoms with van der Waals surface area (Å²) in [6.45, 7) is -0.0790. The van der Waals surface area contributed by atoms with Crippen LogP contribution in [0.4, 0.5) is 5.69 Å². The minimum Gasteiger partial charge on any atom is -0.497 e. The maximum Gasteiger partial charge on any atom is 0.262 e. The van der Waals surface area contributed by atoms with Gasteiger partial charge >= 0.3 is 0 Å². The smallest absolute Gasteiger partial charge is 0.262 e. The molecule has 0 bridgehead atoms. The molecule has 0 aliphatic carbocycles. The van der Waals surface area contributed by atoms with Gasteiger partial charge in [0, 0.05) is 6.07 Å². The summed E-state index contributed by atoms with van der Waals surface area (Å²) >= 11 is 0. The second kappa shape index (κ2) is 7.19. The fraction of sp³-hybridized carbons (Fsp3) is 0.188. The molecule has 0 unspecified atom stereocenters. The van der Waals surface area contributed by atoms with Crippen molar-refractivity contribution in [3.63, 3.8) is 0 Å². The van der Waals surface area contributed by atoms with Crippen LogP contribution >= 0.6 is 0 Å². The van der Waals surface area contributed by atoms with Crippen molar-refractivity contribution >= 4 is 11.6 Å². The fourth-order valence-electron chi connectivity index (χ4n) is 1.76. The van der Waals surface area contributed by atoms with Crippen LogP contribution in [0.2, 0.25) is 0 Å². The van der Waals surface area contributed by atoms with E-state index in [9.17, 15) is 4.79 Å². The number of rotatable bonds is 6. The number of hydrogen-bond donors (Lipinski definition) is 1. The fourth-order valence-corrected chi connectivity index (χ4v) is 1.76. The summed E-state index contributed by atoms with van der Waals surface area (Å²) in [5, 5.41) is 2.74. The summed E-state index contributed by atoms with van der Waals surface area (Å²) < 4.78 is 15.7. The molecule has 5 heteroatoms. The molecule has 2 aromatic rings. The normalized spacial score (nSPS) is 9.81. The van der Waals surface area contributed by atoms with Crippen molar-refractivity contribution in [2.75, 3.05) is 26.1 Å². The van der Waals surface area contributed by atoms with Crippen LogP contribution in [0, 0.1) is 0 Å². The molecule has 21 heavy (non-hydrogen) atoms. The second-order valence-corrected chi connectivity index (χ2v) is 4.22. The Morgan fingerprint density at radius 3 is 2.43 bits per heavy atom. The maximum atomic E-state index is 11.9. The lowest BCUT2D eigenvalue weighted by atomic mass is 10.2. The number of nitrogens with one attached hydrogen (secondary N) is 1. The molecule has 0 spiro atoms. The number of carbonyl (C=O) groups excluding carboxylic acids is 1. The molecule has 5 nitrogen and oxygen atoms in total. The predicted octanol–water partition coefficient (Wildman–Crippen LogP) is 2.72. The van der Waals surface area contributed by atoms with Gasteiger partial charge < -0.3 is 19.5 Å². The van der Waals surface area contributed by atoms with Gasteiger partial charge in [-0.3, -0.25) is 4.79 Å². The van der Waals surface area contributed by atoms with E-state index in [1.54, 1.807) is 37.4 Å². The average Bonchev–Trinajstić information content (AvgIpc) is 2.54. The zero-order valence-corrected chi connectivity index (χ0v) is 12.0. The average molecular weight is 287 g/mol. The summed E-state index contributed by atoms with van der Waals surface area (Å²) in [6, 6.07) is 14.3. The van der Waals surface area contributed by atoms with Crippen LogP contribution in [-0.2, 0) is 4.79 Å². The third-order valence-electron chi connectivity index (χ3n) is 2.79. The summed E-state index contributed by atoms with van der Waals surface area (Å²) in [5.74, 6) is 1.56. The molecule has 0 saturated heterocycles. The largest absolute Gasteiger partial charge is 0.497 e. The number of ether oxygens (including phenoxy) is 3. The Labute approximate surface area is 123 Å². The molecule has 0 aromatic heterocycles. The topological polar surface area (TPSA) is 56.8 Å². The number of hydrogen-bond acceptors (Lipinski definition) is 4. The Hall–Kier alpha value is -2.69. The van der Waals surface area contributed by atoms with E-state index >= 15 is 0 Å². The summed E-state index contributed by atoms with van der Waals surface area (Å²) in [6.07, 6.45) is 0. The molecule has 0 radical (unpaired) electrons. The summed E-state index contributed by atoms with van der Waals surface area (Å²) in [5.41, 5.74) is 0.540. The number of para-hydroxylation sites is 1. The molecule has 0 atom stereocenters. The zero-order chi connectivity index (χ0) is 15.1. The molecule has 0 saturated carbocycles. The molecule has 0 fully saturated rings. The van der Waals surface area contributed by atoms with Gasteiger partial charge in [-0.05, 0) is 24.3 Å². The van der Waals surface area contributed by atoms with Crippen LogP contribution in [0.1, 0.15) is 0 Å². The zero-order valence-electron chi connectivity index (χ0n) is 12.0. The first-order valence-corrected chi connectivity index (χ1v) is 6.42. The third-order valence-corrected chi connectivity index (χ3v) is 2.79. The molecule has 2 aromatic carbocycles. The monoisotopic (exact) mass is 287 g/mol. The van der Waals surface area contributed by atoms with Gasteiger partial charge in [-0.2, -0.15) is 0 Å². The van der Waals surface area contributed by atoms with Crippen molar-refractivity contribution in [1.29, 1.82) is 0 Å². The highest BCUT2D eigenvalue weighted by molar-refractivity contribution is 5.93. The molecular formula is C16H17NO4. The lowest BCUT2D eigenvalue weighted by molar-refractivity contribution is -0.118. The van der Waals surface area contributed by atoms with Gasteiger partial charge in [-0.25, -0.2) is 0 Å². The van der Waals surface area contributed by atoms with E-state index in [1.807, 2.05) is 18.2 Å². The summed E-state index contributed by atoms with van der Waals surface area (Å²) in [4.78, 5) is 11.9. The van der Waals surface area contributed by atoms with Crippen LogP contribution in [0.3, 0.4) is 0 Å².